The van der Waals surface area contributed by atoms with Gasteiger partial charge in [-0.15, -0.1) is 24.8 Å². The van der Waals surface area contributed by atoms with Crippen LogP contribution in [0.15, 0.2) is 0 Å². The first-order valence-electron chi connectivity index (χ1n) is 5.85. The number of hydrogen-bond donors (Lipinski definition) is 1. The Hall–Kier alpha value is -0.0300. The SMILES string of the molecule is CN1CCC(N2CCC[C@H]2C(=O)O)CC1.Cl.Cl. The zero-order chi connectivity index (χ0) is 10.8. The molecule has 2 heterocycles. The van der Waals surface area contributed by atoms with Crippen LogP contribution in [0.2, 0.25) is 0 Å². The van der Waals surface area contributed by atoms with Gasteiger partial charge in [0.25, 0.3) is 0 Å². The number of halogens is 2. The van der Waals surface area contributed by atoms with Crippen LogP contribution in [-0.4, -0.2) is 59.6 Å². The lowest BCUT2D eigenvalue weighted by Crippen LogP contribution is -2.48. The molecule has 0 amide bonds. The Balaban J connectivity index is 0.00000128. The molecule has 102 valence electrons. The van der Waals surface area contributed by atoms with E-state index in [0.29, 0.717) is 6.04 Å². The number of likely N-dealkylation sites (tertiary alicyclic amines) is 2. The van der Waals surface area contributed by atoms with Crippen molar-refractivity contribution in [3.8, 4) is 0 Å². The Kier molecular flexibility index (Phi) is 7.40. The van der Waals surface area contributed by atoms with Crippen LogP contribution in [-0.2, 0) is 4.79 Å². The number of aliphatic carboxylic acids is 1. The van der Waals surface area contributed by atoms with E-state index in [1.807, 2.05) is 0 Å². The van der Waals surface area contributed by atoms with E-state index in [1.54, 1.807) is 0 Å². The second-order valence-corrected chi connectivity index (χ2v) is 4.77. The Labute approximate surface area is 115 Å². The van der Waals surface area contributed by atoms with E-state index in [4.69, 9.17) is 5.11 Å². The third-order valence-corrected chi connectivity index (χ3v) is 3.74. The van der Waals surface area contributed by atoms with Crippen molar-refractivity contribution in [1.82, 2.24) is 9.80 Å². The molecule has 2 aliphatic rings. The lowest BCUT2D eigenvalue weighted by atomic mass is 10.0. The third-order valence-electron chi connectivity index (χ3n) is 3.74. The van der Waals surface area contributed by atoms with Gasteiger partial charge in [0.1, 0.15) is 6.04 Å². The van der Waals surface area contributed by atoms with Crippen LogP contribution in [0.3, 0.4) is 0 Å². The number of rotatable bonds is 2. The van der Waals surface area contributed by atoms with Crippen LogP contribution in [0.1, 0.15) is 25.7 Å². The van der Waals surface area contributed by atoms with Gasteiger partial charge < -0.3 is 10.0 Å². The van der Waals surface area contributed by atoms with Gasteiger partial charge in [-0.05, 0) is 52.4 Å². The molecule has 2 fully saturated rings. The molecule has 4 nitrogen and oxygen atoms in total. The fourth-order valence-corrected chi connectivity index (χ4v) is 2.82. The van der Waals surface area contributed by atoms with Crippen molar-refractivity contribution in [2.45, 2.75) is 37.8 Å². The number of piperidine rings is 1. The van der Waals surface area contributed by atoms with E-state index < -0.39 is 5.97 Å². The van der Waals surface area contributed by atoms with Gasteiger partial charge in [0.05, 0.1) is 0 Å². The second kappa shape index (κ2) is 7.41. The van der Waals surface area contributed by atoms with Gasteiger partial charge in [-0.25, -0.2) is 0 Å². The highest BCUT2D eigenvalue weighted by Gasteiger charge is 2.36. The molecule has 0 radical (unpaired) electrons. The Morgan fingerprint density at radius 2 is 1.71 bits per heavy atom. The summed E-state index contributed by atoms with van der Waals surface area (Å²) in [4.78, 5) is 15.6. The zero-order valence-corrected chi connectivity index (χ0v) is 11.8. The normalized spacial score (nSPS) is 27.2. The van der Waals surface area contributed by atoms with Gasteiger partial charge in [0.15, 0.2) is 0 Å². The first-order valence-corrected chi connectivity index (χ1v) is 5.85. The molecule has 0 aromatic rings. The number of carboxylic acids is 1. The molecule has 2 aliphatic heterocycles. The van der Waals surface area contributed by atoms with E-state index in [0.717, 1.165) is 45.3 Å². The first kappa shape index (κ1) is 17.0. The number of nitrogens with zero attached hydrogens (tertiary/aromatic N) is 2. The van der Waals surface area contributed by atoms with E-state index >= 15 is 0 Å². The third kappa shape index (κ3) is 3.98. The van der Waals surface area contributed by atoms with Gasteiger partial charge in [0, 0.05) is 6.04 Å². The van der Waals surface area contributed by atoms with Crippen molar-refractivity contribution in [3.63, 3.8) is 0 Å². The highest BCUT2D eigenvalue weighted by molar-refractivity contribution is 5.85. The van der Waals surface area contributed by atoms with Crippen LogP contribution < -0.4 is 0 Å². The van der Waals surface area contributed by atoms with Crippen LogP contribution >= 0.6 is 24.8 Å². The number of carboxylic acid groups (broad SMARTS) is 1. The van der Waals surface area contributed by atoms with Crippen molar-refractivity contribution in [2.24, 2.45) is 0 Å². The zero-order valence-electron chi connectivity index (χ0n) is 10.2. The summed E-state index contributed by atoms with van der Waals surface area (Å²) in [5.41, 5.74) is 0. The van der Waals surface area contributed by atoms with Crippen LogP contribution in [0.25, 0.3) is 0 Å². The Bertz CT molecular complexity index is 246. The average molecular weight is 285 g/mol. The van der Waals surface area contributed by atoms with Crippen molar-refractivity contribution < 1.29 is 9.90 Å². The molecule has 17 heavy (non-hydrogen) atoms. The summed E-state index contributed by atoms with van der Waals surface area (Å²) in [6, 6.07) is 0.295. The average Bonchev–Trinajstić information content (AvgIpc) is 2.67. The van der Waals surface area contributed by atoms with Crippen molar-refractivity contribution >= 4 is 30.8 Å². The monoisotopic (exact) mass is 284 g/mol. The largest absolute Gasteiger partial charge is 0.480 e. The van der Waals surface area contributed by atoms with Gasteiger partial charge in [-0.2, -0.15) is 0 Å². The highest BCUT2D eigenvalue weighted by atomic mass is 35.5. The molecule has 0 aromatic carbocycles. The molecule has 6 heteroatoms. The summed E-state index contributed by atoms with van der Waals surface area (Å²) >= 11 is 0. The molecule has 0 aliphatic carbocycles. The van der Waals surface area contributed by atoms with Crippen LogP contribution in [0, 0.1) is 0 Å². The fraction of sp³-hybridized carbons (Fsp3) is 0.909. The lowest BCUT2D eigenvalue weighted by Gasteiger charge is -2.36. The van der Waals surface area contributed by atoms with Crippen molar-refractivity contribution in [2.75, 3.05) is 26.7 Å². The second-order valence-electron chi connectivity index (χ2n) is 4.77. The standard InChI is InChI=1S/C11H20N2O2.2ClH/c1-12-7-4-9(5-8-12)13-6-2-3-10(13)11(14)15;;/h9-10H,2-8H2,1H3,(H,14,15);2*1H/t10-;;/m0../s1. The van der Waals surface area contributed by atoms with E-state index in [-0.39, 0.29) is 30.9 Å². The molecule has 2 saturated heterocycles. The minimum absolute atomic E-state index is 0. The molecule has 2 rings (SSSR count). The molecular formula is C11H22Cl2N2O2. The molecule has 0 unspecified atom stereocenters. The Morgan fingerprint density at radius 3 is 2.24 bits per heavy atom. The summed E-state index contributed by atoms with van der Waals surface area (Å²) < 4.78 is 0. The predicted octanol–water partition coefficient (Wildman–Crippen LogP) is 1.47. The number of hydrogen-bond acceptors (Lipinski definition) is 3. The summed E-state index contributed by atoms with van der Waals surface area (Å²) in [5, 5.41) is 9.11. The molecule has 0 spiro atoms. The predicted molar refractivity (Wildman–Crippen MR) is 72.4 cm³/mol. The molecule has 0 saturated carbocycles. The summed E-state index contributed by atoms with van der Waals surface area (Å²) in [6.45, 7) is 3.19. The van der Waals surface area contributed by atoms with Crippen LogP contribution in [0.5, 0.6) is 0 Å². The van der Waals surface area contributed by atoms with E-state index in [2.05, 4.69) is 16.8 Å². The van der Waals surface area contributed by atoms with Gasteiger partial charge in [-0.3, -0.25) is 9.69 Å². The van der Waals surface area contributed by atoms with Crippen molar-refractivity contribution in [3.05, 3.63) is 0 Å². The summed E-state index contributed by atoms with van der Waals surface area (Å²) in [5.74, 6) is -0.633. The van der Waals surface area contributed by atoms with Gasteiger partial charge >= 0.3 is 5.97 Å². The highest BCUT2D eigenvalue weighted by Crippen LogP contribution is 2.25. The molecule has 0 aromatic heterocycles. The maximum atomic E-state index is 11.1. The van der Waals surface area contributed by atoms with Gasteiger partial charge in [-0.1, -0.05) is 0 Å². The van der Waals surface area contributed by atoms with Crippen LogP contribution in [0.4, 0.5) is 0 Å². The number of carbonyl (C=O) groups is 1. The molecule has 1 atom stereocenters. The van der Waals surface area contributed by atoms with Crippen molar-refractivity contribution in [1.29, 1.82) is 0 Å². The summed E-state index contributed by atoms with van der Waals surface area (Å²) in [7, 11) is 2.13. The van der Waals surface area contributed by atoms with Gasteiger partial charge in [0.2, 0.25) is 0 Å². The maximum absolute atomic E-state index is 11.1. The minimum atomic E-state index is -0.633. The summed E-state index contributed by atoms with van der Waals surface area (Å²) in [6.07, 6.45) is 4.13. The van der Waals surface area contributed by atoms with E-state index in [1.165, 1.54) is 0 Å². The lowest BCUT2D eigenvalue weighted by molar-refractivity contribution is -0.143. The quantitative estimate of drug-likeness (QED) is 0.834. The molecular weight excluding hydrogens is 263 g/mol. The minimum Gasteiger partial charge on any atom is -0.480 e. The van der Waals surface area contributed by atoms with E-state index in [9.17, 15) is 4.79 Å². The fourth-order valence-electron chi connectivity index (χ4n) is 2.82. The smallest absolute Gasteiger partial charge is 0.320 e. The maximum Gasteiger partial charge on any atom is 0.320 e. The first-order chi connectivity index (χ1) is 7.18. The topological polar surface area (TPSA) is 43.8 Å². The molecule has 1 N–H and O–H groups in total. The molecule has 0 bridgehead atoms. The Morgan fingerprint density at radius 1 is 1.12 bits per heavy atom.